The van der Waals surface area contributed by atoms with E-state index in [0.717, 1.165) is 42.5 Å². The molecule has 0 bridgehead atoms. The third-order valence-corrected chi connectivity index (χ3v) is 4.25. The van der Waals surface area contributed by atoms with Gasteiger partial charge in [-0.25, -0.2) is 9.97 Å². The SMILES string of the molecule is CCNc1nc(C(C)C)nc(NCC2(CCO)CC2)c1C. The van der Waals surface area contributed by atoms with E-state index >= 15 is 0 Å². The summed E-state index contributed by atoms with van der Waals surface area (Å²) >= 11 is 0. The Kier molecular flexibility index (Phi) is 5.04. The largest absolute Gasteiger partial charge is 0.396 e. The van der Waals surface area contributed by atoms with Crippen LogP contribution in [0.5, 0.6) is 0 Å². The van der Waals surface area contributed by atoms with Gasteiger partial charge in [0.05, 0.1) is 0 Å². The van der Waals surface area contributed by atoms with Crippen LogP contribution in [-0.2, 0) is 0 Å². The standard InChI is InChI=1S/C16H28N4O/c1-5-17-14-12(4)15(20-13(19-14)11(2)3)18-10-16(6-7-16)8-9-21/h11,21H,5-10H2,1-4H3,(H2,17,18,19,20). The number of hydrogen-bond acceptors (Lipinski definition) is 5. The molecule has 0 aliphatic heterocycles. The zero-order valence-corrected chi connectivity index (χ0v) is 13.7. The molecule has 1 saturated carbocycles. The van der Waals surface area contributed by atoms with Gasteiger partial charge in [0, 0.05) is 31.2 Å². The number of rotatable bonds is 8. The van der Waals surface area contributed by atoms with Gasteiger partial charge in [0.2, 0.25) is 0 Å². The van der Waals surface area contributed by atoms with Crippen molar-refractivity contribution in [3.8, 4) is 0 Å². The van der Waals surface area contributed by atoms with E-state index in [9.17, 15) is 0 Å². The average molecular weight is 292 g/mol. The summed E-state index contributed by atoms with van der Waals surface area (Å²) in [6.07, 6.45) is 3.27. The summed E-state index contributed by atoms with van der Waals surface area (Å²) in [5.74, 6) is 3.02. The van der Waals surface area contributed by atoms with Gasteiger partial charge in [-0.2, -0.15) is 0 Å². The molecule has 21 heavy (non-hydrogen) atoms. The average Bonchev–Trinajstić information content (AvgIpc) is 3.20. The van der Waals surface area contributed by atoms with E-state index in [1.165, 1.54) is 12.8 Å². The highest BCUT2D eigenvalue weighted by molar-refractivity contribution is 5.57. The number of aliphatic hydroxyl groups is 1. The van der Waals surface area contributed by atoms with Crippen LogP contribution in [0.25, 0.3) is 0 Å². The van der Waals surface area contributed by atoms with Gasteiger partial charge in [-0.3, -0.25) is 0 Å². The molecule has 1 aromatic heterocycles. The van der Waals surface area contributed by atoms with Crippen LogP contribution in [0.4, 0.5) is 11.6 Å². The lowest BCUT2D eigenvalue weighted by Crippen LogP contribution is -2.19. The van der Waals surface area contributed by atoms with Crippen molar-refractivity contribution >= 4 is 11.6 Å². The molecule has 1 aliphatic rings. The number of nitrogens with one attached hydrogen (secondary N) is 2. The van der Waals surface area contributed by atoms with Gasteiger partial charge in [-0.1, -0.05) is 13.8 Å². The lowest BCUT2D eigenvalue weighted by atomic mass is 10.0. The Morgan fingerprint density at radius 1 is 1.19 bits per heavy atom. The maximum atomic E-state index is 9.16. The summed E-state index contributed by atoms with van der Waals surface area (Å²) in [5.41, 5.74) is 1.35. The van der Waals surface area contributed by atoms with Crippen LogP contribution in [0.2, 0.25) is 0 Å². The maximum absolute atomic E-state index is 9.16. The molecule has 1 aromatic rings. The molecular formula is C16H28N4O. The lowest BCUT2D eigenvalue weighted by molar-refractivity contribution is 0.253. The quantitative estimate of drug-likeness (QED) is 0.687. The first-order valence-corrected chi connectivity index (χ1v) is 7.98. The fourth-order valence-electron chi connectivity index (χ4n) is 2.50. The first-order valence-electron chi connectivity index (χ1n) is 7.98. The van der Waals surface area contributed by atoms with Crippen LogP contribution >= 0.6 is 0 Å². The zero-order chi connectivity index (χ0) is 15.5. The molecule has 118 valence electrons. The first kappa shape index (κ1) is 16.0. The van der Waals surface area contributed by atoms with Crippen LogP contribution in [0.3, 0.4) is 0 Å². The van der Waals surface area contributed by atoms with E-state index < -0.39 is 0 Å². The monoisotopic (exact) mass is 292 g/mol. The second-order valence-electron chi connectivity index (χ2n) is 6.42. The van der Waals surface area contributed by atoms with Crippen LogP contribution in [-0.4, -0.2) is 34.8 Å². The first-order chi connectivity index (χ1) is 10.0. The minimum atomic E-state index is 0.268. The number of nitrogens with zero attached hydrogens (tertiary/aromatic N) is 2. The highest BCUT2D eigenvalue weighted by Crippen LogP contribution is 2.48. The Balaban J connectivity index is 2.17. The smallest absolute Gasteiger partial charge is 0.135 e. The molecule has 2 rings (SSSR count). The Bertz CT molecular complexity index is 483. The molecule has 0 unspecified atom stereocenters. The van der Waals surface area contributed by atoms with Gasteiger partial charge in [-0.15, -0.1) is 0 Å². The van der Waals surface area contributed by atoms with Crippen molar-refractivity contribution in [2.45, 2.75) is 52.9 Å². The molecule has 0 aromatic carbocycles. The predicted molar refractivity (Wildman–Crippen MR) is 86.9 cm³/mol. The van der Waals surface area contributed by atoms with Gasteiger partial charge in [0.1, 0.15) is 17.5 Å². The van der Waals surface area contributed by atoms with Crippen molar-refractivity contribution in [2.75, 3.05) is 30.3 Å². The summed E-state index contributed by atoms with van der Waals surface area (Å²) in [4.78, 5) is 9.30. The van der Waals surface area contributed by atoms with Crippen LogP contribution < -0.4 is 10.6 Å². The molecule has 1 fully saturated rings. The molecule has 0 radical (unpaired) electrons. The minimum absolute atomic E-state index is 0.268. The second kappa shape index (κ2) is 6.60. The summed E-state index contributed by atoms with van der Waals surface area (Å²) in [7, 11) is 0. The Morgan fingerprint density at radius 3 is 2.29 bits per heavy atom. The third-order valence-electron chi connectivity index (χ3n) is 4.25. The summed E-state index contributed by atoms with van der Waals surface area (Å²) in [6.45, 7) is 10.3. The van der Waals surface area contributed by atoms with Gasteiger partial charge in [-0.05, 0) is 38.5 Å². The van der Waals surface area contributed by atoms with E-state index in [-0.39, 0.29) is 12.0 Å². The Hall–Kier alpha value is -1.36. The molecule has 5 nitrogen and oxygen atoms in total. The Morgan fingerprint density at radius 2 is 1.81 bits per heavy atom. The lowest BCUT2D eigenvalue weighted by Gasteiger charge is -2.19. The highest BCUT2D eigenvalue weighted by Gasteiger charge is 2.41. The van der Waals surface area contributed by atoms with E-state index in [4.69, 9.17) is 5.11 Å². The molecule has 0 amide bonds. The van der Waals surface area contributed by atoms with Gasteiger partial charge < -0.3 is 15.7 Å². The van der Waals surface area contributed by atoms with Crippen molar-refractivity contribution in [3.63, 3.8) is 0 Å². The number of aromatic nitrogens is 2. The van der Waals surface area contributed by atoms with E-state index in [1.54, 1.807) is 0 Å². The van der Waals surface area contributed by atoms with Gasteiger partial charge in [0.15, 0.2) is 0 Å². The molecular weight excluding hydrogens is 264 g/mol. The van der Waals surface area contributed by atoms with Crippen LogP contribution in [0.15, 0.2) is 0 Å². The van der Waals surface area contributed by atoms with Gasteiger partial charge >= 0.3 is 0 Å². The fraction of sp³-hybridized carbons (Fsp3) is 0.750. The van der Waals surface area contributed by atoms with Crippen molar-refractivity contribution in [1.29, 1.82) is 0 Å². The molecule has 0 spiro atoms. The van der Waals surface area contributed by atoms with Crippen molar-refractivity contribution < 1.29 is 5.11 Å². The van der Waals surface area contributed by atoms with Crippen molar-refractivity contribution in [2.24, 2.45) is 5.41 Å². The fourth-order valence-corrected chi connectivity index (χ4v) is 2.50. The number of aliphatic hydroxyl groups excluding tert-OH is 1. The summed E-state index contributed by atoms with van der Waals surface area (Å²) in [6, 6.07) is 0. The highest BCUT2D eigenvalue weighted by atomic mass is 16.3. The van der Waals surface area contributed by atoms with E-state index in [1.807, 2.05) is 0 Å². The van der Waals surface area contributed by atoms with Gasteiger partial charge in [0.25, 0.3) is 0 Å². The predicted octanol–water partition coefficient (Wildman–Crippen LogP) is 2.91. The van der Waals surface area contributed by atoms with E-state index in [0.29, 0.717) is 5.92 Å². The van der Waals surface area contributed by atoms with Crippen LogP contribution in [0.1, 0.15) is 57.3 Å². The number of anilines is 2. The van der Waals surface area contributed by atoms with Crippen molar-refractivity contribution in [1.82, 2.24) is 9.97 Å². The number of hydrogen-bond donors (Lipinski definition) is 3. The normalized spacial score (nSPS) is 16.1. The summed E-state index contributed by atoms with van der Waals surface area (Å²) in [5, 5.41) is 16.0. The summed E-state index contributed by atoms with van der Waals surface area (Å²) < 4.78 is 0. The maximum Gasteiger partial charge on any atom is 0.135 e. The second-order valence-corrected chi connectivity index (χ2v) is 6.42. The molecule has 3 N–H and O–H groups in total. The van der Waals surface area contributed by atoms with Crippen LogP contribution in [0, 0.1) is 12.3 Å². The molecule has 0 atom stereocenters. The topological polar surface area (TPSA) is 70.1 Å². The molecule has 1 heterocycles. The molecule has 0 saturated heterocycles. The third kappa shape index (κ3) is 3.84. The minimum Gasteiger partial charge on any atom is -0.396 e. The molecule has 5 heteroatoms. The van der Waals surface area contributed by atoms with E-state index in [2.05, 4.69) is 48.3 Å². The zero-order valence-electron chi connectivity index (χ0n) is 13.7. The molecule has 1 aliphatic carbocycles. The Labute approximate surface area is 127 Å². The van der Waals surface area contributed by atoms with Crippen molar-refractivity contribution in [3.05, 3.63) is 11.4 Å².